The van der Waals surface area contributed by atoms with Crippen LogP contribution in [0.5, 0.6) is 0 Å². The molecule has 2 aliphatic rings. The maximum Gasteiger partial charge on any atom is 0.241 e. The van der Waals surface area contributed by atoms with Crippen LogP contribution >= 0.6 is 0 Å². The van der Waals surface area contributed by atoms with Gasteiger partial charge in [0.25, 0.3) is 0 Å². The second-order valence-corrected chi connectivity index (χ2v) is 5.51. The van der Waals surface area contributed by atoms with Crippen LogP contribution in [0, 0.1) is 0 Å². The van der Waals surface area contributed by atoms with E-state index in [-0.39, 0.29) is 6.04 Å². The molecule has 1 N–H and O–H groups in total. The molecule has 1 aliphatic carbocycles. The number of nitrogens with one attached hydrogen (secondary N) is 1. The van der Waals surface area contributed by atoms with E-state index in [0.29, 0.717) is 11.9 Å². The number of hydrogen-bond donors (Lipinski definition) is 1. The van der Waals surface area contributed by atoms with Crippen LogP contribution < -0.4 is 5.32 Å². The summed E-state index contributed by atoms with van der Waals surface area (Å²) in [7, 11) is 0. The lowest BCUT2D eigenvalue weighted by Crippen LogP contribution is -2.39. The molecular weight excluding hydrogens is 212 g/mol. The Morgan fingerprint density at radius 2 is 1.82 bits per heavy atom. The van der Waals surface area contributed by atoms with E-state index < -0.39 is 0 Å². The summed E-state index contributed by atoms with van der Waals surface area (Å²) >= 11 is 0. The van der Waals surface area contributed by atoms with Gasteiger partial charge in [-0.1, -0.05) is 45.4 Å². The summed E-state index contributed by atoms with van der Waals surface area (Å²) in [5.74, 6) is 0.359. The summed E-state index contributed by atoms with van der Waals surface area (Å²) in [6.45, 7) is 2.93. The minimum Gasteiger partial charge on any atom is -0.326 e. The predicted octanol–water partition coefficient (Wildman–Crippen LogP) is 2.66. The summed E-state index contributed by atoms with van der Waals surface area (Å²) in [6, 6.07) is 0.614. The molecule has 1 aliphatic heterocycles. The average molecular weight is 238 g/mol. The van der Waals surface area contributed by atoms with Crippen LogP contribution in [0.3, 0.4) is 0 Å². The molecular formula is C14H26N2O. The monoisotopic (exact) mass is 238 g/mol. The number of nitrogens with zero attached hydrogens (tertiary/aromatic N) is 1. The first-order valence-electron chi connectivity index (χ1n) is 7.36. The molecule has 2 rings (SSSR count). The minimum absolute atomic E-state index is 0.102. The van der Waals surface area contributed by atoms with Gasteiger partial charge in [-0.2, -0.15) is 0 Å². The number of amides is 1. The van der Waals surface area contributed by atoms with Crippen LogP contribution in [0.15, 0.2) is 0 Å². The van der Waals surface area contributed by atoms with Gasteiger partial charge in [-0.3, -0.25) is 10.1 Å². The zero-order valence-corrected chi connectivity index (χ0v) is 11.1. The predicted molar refractivity (Wildman–Crippen MR) is 69.7 cm³/mol. The van der Waals surface area contributed by atoms with Gasteiger partial charge >= 0.3 is 0 Å². The molecule has 98 valence electrons. The van der Waals surface area contributed by atoms with Crippen molar-refractivity contribution in [3.8, 4) is 0 Å². The van der Waals surface area contributed by atoms with Crippen molar-refractivity contribution in [3.63, 3.8) is 0 Å². The Morgan fingerprint density at radius 1 is 1.18 bits per heavy atom. The summed E-state index contributed by atoms with van der Waals surface area (Å²) in [4.78, 5) is 14.4. The van der Waals surface area contributed by atoms with Crippen molar-refractivity contribution in [1.82, 2.24) is 10.2 Å². The van der Waals surface area contributed by atoms with E-state index in [1.807, 2.05) is 0 Å². The zero-order chi connectivity index (χ0) is 12.1. The Labute approximate surface area is 105 Å². The molecule has 3 nitrogen and oxygen atoms in total. The molecule has 1 unspecified atom stereocenters. The molecule has 0 spiro atoms. The summed E-state index contributed by atoms with van der Waals surface area (Å²) in [5.41, 5.74) is 0. The number of carbonyl (C=O) groups excluding carboxylic acids is 1. The van der Waals surface area contributed by atoms with E-state index in [2.05, 4.69) is 17.1 Å². The molecule has 0 radical (unpaired) electrons. The fourth-order valence-electron chi connectivity index (χ4n) is 3.14. The van der Waals surface area contributed by atoms with E-state index >= 15 is 0 Å². The number of carbonyl (C=O) groups is 1. The normalized spacial score (nSPS) is 28.2. The van der Waals surface area contributed by atoms with Crippen LogP contribution in [0.1, 0.15) is 64.7 Å². The highest BCUT2D eigenvalue weighted by atomic mass is 16.2. The van der Waals surface area contributed by atoms with E-state index in [1.165, 1.54) is 44.9 Å². The Kier molecular flexibility index (Phi) is 4.84. The van der Waals surface area contributed by atoms with E-state index in [1.54, 1.807) is 0 Å². The van der Waals surface area contributed by atoms with Gasteiger partial charge < -0.3 is 4.90 Å². The maximum atomic E-state index is 12.3. The van der Waals surface area contributed by atoms with Crippen molar-refractivity contribution in [3.05, 3.63) is 0 Å². The lowest BCUT2D eigenvalue weighted by Gasteiger charge is -2.29. The third kappa shape index (κ3) is 3.21. The van der Waals surface area contributed by atoms with Crippen molar-refractivity contribution in [1.29, 1.82) is 0 Å². The molecule has 1 amide bonds. The SMILES string of the molecule is CCCC1NCN(C2CCCCCCC2)C1=O. The molecule has 3 heteroatoms. The molecule has 1 saturated carbocycles. The van der Waals surface area contributed by atoms with Crippen LogP contribution in [0.4, 0.5) is 0 Å². The van der Waals surface area contributed by atoms with Crippen molar-refractivity contribution in [2.75, 3.05) is 6.67 Å². The highest BCUT2D eigenvalue weighted by molar-refractivity contribution is 5.84. The minimum atomic E-state index is 0.102. The van der Waals surface area contributed by atoms with Gasteiger partial charge in [-0.05, 0) is 19.3 Å². The average Bonchev–Trinajstić information content (AvgIpc) is 2.62. The molecule has 17 heavy (non-hydrogen) atoms. The lowest BCUT2D eigenvalue weighted by molar-refractivity contribution is -0.131. The van der Waals surface area contributed by atoms with E-state index in [4.69, 9.17) is 0 Å². The largest absolute Gasteiger partial charge is 0.326 e. The van der Waals surface area contributed by atoms with Crippen molar-refractivity contribution >= 4 is 5.91 Å². The van der Waals surface area contributed by atoms with Crippen molar-refractivity contribution in [2.24, 2.45) is 0 Å². The molecule has 1 heterocycles. The third-order valence-corrected chi connectivity index (χ3v) is 4.18. The molecule has 2 fully saturated rings. The zero-order valence-electron chi connectivity index (χ0n) is 11.1. The van der Waals surface area contributed by atoms with Gasteiger partial charge in [0.1, 0.15) is 0 Å². The summed E-state index contributed by atoms with van der Waals surface area (Å²) < 4.78 is 0. The molecule has 0 aromatic rings. The van der Waals surface area contributed by atoms with Crippen LogP contribution in [-0.2, 0) is 4.79 Å². The standard InChI is InChI=1S/C14H26N2O/c1-2-8-13-14(17)16(11-15-13)12-9-6-4-3-5-7-10-12/h12-13,15H,2-11H2,1H3. The Balaban J connectivity index is 1.90. The fraction of sp³-hybridized carbons (Fsp3) is 0.929. The smallest absolute Gasteiger partial charge is 0.241 e. The number of hydrogen-bond acceptors (Lipinski definition) is 2. The third-order valence-electron chi connectivity index (χ3n) is 4.18. The molecule has 0 aromatic heterocycles. The lowest BCUT2D eigenvalue weighted by atomic mass is 9.95. The Morgan fingerprint density at radius 3 is 2.47 bits per heavy atom. The molecule has 1 saturated heterocycles. The first-order valence-corrected chi connectivity index (χ1v) is 7.36. The van der Waals surface area contributed by atoms with Crippen molar-refractivity contribution < 1.29 is 4.79 Å². The summed E-state index contributed by atoms with van der Waals surface area (Å²) in [5, 5.41) is 3.37. The second kappa shape index (κ2) is 6.39. The van der Waals surface area contributed by atoms with E-state index in [9.17, 15) is 4.79 Å². The van der Waals surface area contributed by atoms with Gasteiger partial charge in [-0.15, -0.1) is 0 Å². The van der Waals surface area contributed by atoms with Crippen LogP contribution in [-0.4, -0.2) is 29.6 Å². The van der Waals surface area contributed by atoms with Gasteiger partial charge in [0.05, 0.1) is 12.7 Å². The van der Waals surface area contributed by atoms with Gasteiger partial charge in [0, 0.05) is 6.04 Å². The Hall–Kier alpha value is -0.570. The highest BCUT2D eigenvalue weighted by Crippen LogP contribution is 2.24. The van der Waals surface area contributed by atoms with Crippen LogP contribution in [0.2, 0.25) is 0 Å². The van der Waals surface area contributed by atoms with Gasteiger partial charge in [0.2, 0.25) is 5.91 Å². The fourth-order valence-corrected chi connectivity index (χ4v) is 3.14. The maximum absolute atomic E-state index is 12.3. The first-order chi connectivity index (χ1) is 8.33. The van der Waals surface area contributed by atoms with E-state index in [0.717, 1.165) is 19.5 Å². The summed E-state index contributed by atoms with van der Waals surface area (Å²) in [6.07, 6.45) is 11.2. The number of rotatable bonds is 3. The topological polar surface area (TPSA) is 32.3 Å². The van der Waals surface area contributed by atoms with Gasteiger partial charge in [0.15, 0.2) is 0 Å². The quantitative estimate of drug-likeness (QED) is 0.820. The van der Waals surface area contributed by atoms with Crippen molar-refractivity contribution in [2.45, 2.75) is 76.8 Å². The van der Waals surface area contributed by atoms with Gasteiger partial charge in [-0.25, -0.2) is 0 Å². The highest BCUT2D eigenvalue weighted by Gasteiger charge is 2.34. The molecule has 0 bridgehead atoms. The second-order valence-electron chi connectivity index (χ2n) is 5.51. The molecule has 0 aromatic carbocycles. The Bertz CT molecular complexity index is 247. The van der Waals surface area contributed by atoms with Crippen LogP contribution in [0.25, 0.3) is 0 Å². The molecule has 1 atom stereocenters. The first kappa shape index (κ1) is 12.9.